The molecule has 1 N–H and O–H groups in total. The van der Waals surface area contributed by atoms with E-state index in [2.05, 4.69) is 19.2 Å². The van der Waals surface area contributed by atoms with Crippen LogP contribution in [-0.4, -0.2) is 72.3 Å². The molecule has 0 saturated carbocycles. The zero-order valence-corrected chi connectivity index (χ0v) is 13.6. The van der Waals surface area contributed by atoms with Gasteiger partial charge < -0.3 is 10.2 Å². The summed E-state index contributed by atoms with van der Waals surface area (Å²) in [6.07, 6.45) is -3.66. The van der Waals surface area contributed by atoms with E-state index in [1.165, 1.54) is 11.9 Å². The quantitative estimate of drug-likeness (QED) is 0.788. The molecular formula is C13H24F3N3OS. The fraction of sp³-hybridized carbons (Fsp3) is 0.923. The van der Waals surface area contributed by atoms with Crippen LogP contribution in [-0.2, 0) is 0 Å². The highest BCUT2D eigenvalue weighted by Gasteiger charge is 2.29. The highest BCUT2D eigenvalue weighted by Crippen LogP contribution is 2.24. The normalized spacial score (nSPS) is 23.5. The Morgan fingerprint density at radius 2 is 1.90 bits per heavy atom. The standard InChI is InChI=1S/C13H24F3N3OS/c1-10-7-19(8-11(2)21-10)12(20)17-5-4-6-18(3)9-13(14,15)16/h10-11H,4-9H2,1-3H3,(H,17,20)/t10-,11-/m0/s1. The third kappa shape index (κ3) is 7.80. The van der Waals surface area contributed by atoms with E-state index in [1.54, 1.807) is 4.90 Å². The van der Waals surface area contributed by atoms with Crippen molar-refractivity contribution in [3.05, 3.63) is 0 Å². The number of nitrogens with zero attached hydrogens (tertiary/aromatic N) is 2. The van der Waals surface area contributed by atoms with E-state index >= 15 is 0 Å². The summed E-state index contributed by atoms with van der Waals surface area (Å²) in [5, 5.41) is 3.61. The molecule has 4 nitrogen and oxygen atoms in total. The lowest BCUT2D eigenvalue weighted by Crippen LogP contribution is -2.49. The summed E-state index contributed by atoms with van der Waals surface area (Å²) >= 11 is 1.87. The van der Waals surface area contributed by atoms with Gasteiger partial charge >= 0.3 is 12.2 Å². The molecule has 8 heteroatoms. The first-order chi connectivity index (χ1) is 9.67. The Hall–Kier alpha value is -0.630. The summed E-state index contributed by atoms with van der Waals surface area (Å²) in [6, 6.07) is -0.118. The van der Waals surface area contributed by atoms with Crippen molar-refractivity contribution < 1.29 is 18.0 Å². The minimum atomic E-state index is -4.17. The predicted octanol–water partition coefficient (Wildman–Crippen LogP) is 2.41. The first-order valence-electron chi connectivity index (χ1n) is 7.11. The van der Waals surface area contributed by atoms with Gasteiger partial charge in [0.25, 0.3) is 0 Å². The molecule has 0 unspecified atom stereocenters. The molecule has 1 aliphatic rings. The number of nitrogens with one attached hydrogen (secondary N) is 1. The predicted molar refractivity (Wildman–Crippen MR) is 79.7 cm³/mol. The number of hydrogen-bond acceptors (Lipinski definition) is 3. The third-order valence-electron chi connectivity index (χ3n) is 3.15. The fourth-order valence-electron chi connectivity index (χ4n) is 2.38. The van der Waals surface area contributed by atoms with Gasteiger partial charge in [-0.3, -0.25) is 4.90 Å². The molecule has 1 heterocycles. The molecule has 1 saturated heterocycles. The number of hydrogen-bond donors (Lipinski definition) is 1. The van der Waals surface area contributed by atoms with Crippen LogP contribution in [0, 0.1) is 0 Å². The highest BCUT2D eigenvalue weighted by atomic mass is 32.2. The van der Waals surface area contributed by atoms with Crippen molar-refractivity contribution in [1.29, 1.82) is 0 Å². The van der Waals surface area contributed by atoms with Crippen LogP contribution < -0.4 is 5.32 Å². The van der Waals surface area contributed by atoms with Gasteiger partial charge in [-0.2, -0.15) is 24.9 Å². The lowest BCUT2D eigenvalue weighted by atomic mass is 10.3. The molecular weight excluding hydrogens is 303 g/mol. The van der Waals surface area contributed by atoms with Gasteiger partial charge in [-0.1, -0.05) is 13.8 Å². The monoisotopic (exact) mass is 327 g/mol. The Morgan fingerprint density at radius 3 is 2.43 bits per heavy atom. The molecule has 21 heavy (non-hydrogen) atoms. The topological polar surface area (TPSA) is 35.6 Å². The molecule has 1 fully saturated rings. The van der Waals surface area contributed by atoms with E-state index in [9.17, 15) is 18.0 Å². The number of alkyl halides is 3. The first-order valence-corrected chi connectivity index (χ1v) is 8.05. The molecule has 124 valence electrons. The van der Waals surface area contributed by atoms with Gasteiger partial charge in [0, 0.05) is 30.1 Å². The average molecular weight is 327 g/mol. The second kappa shape index (κ2) is 8.12. The van der Waals surface area contributed by atoms with Gasteiger partial charge in [0.05, 0.1) is 6.54 Å². The minimum Gasteiger partial charge on any atom is -0.338 e. The van der Waals surface area contributed by atoms with Crippen LogP contribution >= 0.6 is 11.8 Å². The SMILES string of the molecule is C[C@H]1CN(C(=O)NCCCN(C)CC(F)(F)F)C[C@H](C)S1. The van der Waals surface area contributed by atoms with E-state index in [0.29, 0.717) is 30.0 Å². The van der Waals surface area contributed by atoms with Crippen LogP contribution in [0.3, 0.4) is 0 Å². The van der Waals surface area contributed by atoms with Gasteiger partial charge in [-0.15, -0.1) is 0 Å². The summed E-state index contributed by atoms with van der Waals surface area (Å²) in [5.74, 6) is 0. The number of carbonyl (C=O) groups is 1. The van der Waals surface area contributed by atoms with Crippen molar-refractivity contribution >= 4 is 17.8 Å². The van der Waals surface area contributed by atoms with E-state index < -0.39 is 12.7 Å². The Labute approximate surface area is 128 Å². The molecule has 0 aromatic rings. The first kappa shape index (κ1) is 18.4. The summed E-state index contributed by atoms with van der Waals surface area (Å²) in [6.45, 7) is 5.40. The average Bonchev–Trinajstić information content (AvgIpc) is 2.31. The van der Waals surface area contributed by atoms with Crippen molar-refractivity contribution in [2.75, 3.05) is 39.8 Å². The summed E-state index contributed by atoms with van der Waals surface area (Å²) in [7, 11) is 1.43. The zero-order chi connectivity index (χ0) is 16.0. The molecule has 1 rings (SSSR count). The zero-order valence-electron chi connectivity index (χ0n) is 12.7. The Balaban J connectivity index is 2.19. The summed E-state index contributed by atoms with van der Waals surface area (Å²) in [4.78, 5) is 15.0. The maximum Gasteiger partial charge on any atom is 0.401 e. The Morgan fingerprint density at radius 1 is 1.33 bits per heavy atom. The van der Waals surface area contributed by atoms with Crippen molar-refractivity contribution in [2.45, 2.75) is 36.9 Å². The Kier molecular flexibility index (Phi) is 7.12. The number of thioether (sulfide) groups is 1. The number of halogens is 3. The van der Waals surface area contributed by atoms with Gasteiger partial charge in [0.2, 0.25) is 0 Å². The minimum absolute atomic E-state index is 0.118. The van der Waals surface area contributed by atoms with Gasteiger partial charge in [-0.25, -0.2) is 4.79 Å². The fourth-order valence-corrected chi connectivity index (χ4v) is 3.71. The molecule has 1 aliphatic heterocycles. The molecule has 0 aromatic heterocycles. The van der Waals surface area contributed by atoms with Crippen molar-refractivity contribution in [1.82, 2.24) is 15.1 Å². The van der Waals surface area contributed by atoms with Crippen molar-refractivity contribution in [2.24, 2.45) is 0 Å². The molecule has 0 aromatic carbocycles. The highest BCUT2D eigenvalue weighted by molar-refractivity contribution is 8.00. The van der Waals surface area contributed by atoms with Gasteiger partial charge in [-0.05, 0) is 20.0 Å². The van der Waals surface area contributed by atoms with Crippen LogP contribution in [0.5, 0.6) is 0 Å². The van der Waals surface area contributed by atoms with E-state index in [4.69, 9.17) is 0 Å². The summed E-state index contributed by atoms with van der Waals surface area (Å²) in [5.41, 5.74) is 0. The van der Waals surface area contributed by atoms with E-state index in [0.717, 1.165) is 13.1 Å². The third-order valence-corrected chi connectivity index (χ3v) is 4.38. The molecule has 0 radical (unpaired) electrons. The van der Waals surface area contributed by atoms with E-state index in [1.807, 2.05) is 11.8 Å². The number of rotatable bonds is 5. The molecule has 2 amide bonds. The van der Waals surface area contributed by atoms with Crippen LogP contribution in [0.25, 0.3) is 0 Å². The lowest BCUT2D eigenvalue weighted by Gasteiger charge is -2.34. The van der Waals surface area contributed by atoms with E-state index in [-0.39, 0.29) is 6.03 Å². The maximum absolute atomic E-state index is 12.1. The van der Waals surface area contributed by atoms with Crippen LogP contribution in [0.4, 0.5) is 18.0 Å². The van der Waals surface area contributed by atoms with Crippen molar-refractivity contribution in [3.8, 4) is 0 Å². The number of carbonyl (C=O) groups excluding carboxylic acids is 1. The second-order valence-corrected chi connectivity index (χ2v) is 7.48. The van der Waals surface area contributed by atoms with Gasteiger partial charge in [0.1, 0.15) is 0 Å². The number of urea groups is 1. The van der Waals surface area contributed by atoms with Crippen molar-refractivity contribution in [3.63, 3.8) is 0 Å². The molecule has 0 bridgehead atoms. The molecule has 0 spiro atoms. The second-order valence-electron chi connectivity index (χ2n) is 5.60. The maximum atomic E-state index is 12.1. The molecule has 0 aliphatic carbocycles. The number of amides is 2. The lowest BCUT2D eigenvalue weighted by molar-refractivity contribution is -0.143. The smallest absolute Gasteiger partial charge is 0.338 e. The van der Waals surface area contributed by atoms with Crippen LogP contribution in [0.15, 0.2) is 0 Å². The largest absolute Gasteiger partial charge is 0.401 e. The molecule has 2 atom stereocenters. The van der Waals surface area contributed by atoms with Crippen LogP contribution in [0.2, 0.25) is 0 Å². The van der Waals surface area contributed by atoms with Crippen LogP contribution in [0.1, 0.15) is 20.3 Å². The summed E-state index contributed by atoms with van der Waals surface area (Å²) < 4.78 is 36.4. The van der Waals surface area contributed by atoms with Gasteiger partial charge in [0.15, 0.2) is 0 Å². The Bertz CT molecular complexity index is 331.